The largest absolute Gasteiger partial charge is 0.297 e. The zero-order valence-electron chi connectivity index (χ0n) is 9.05. The van der Waals surface area contributed by atoms with Crippen LogP contribution in [-0.2, 0) is 13.0 Å². The molecule has 1 nitrogen and oxygen atoms in total. The Morgan fingerprint density at radius 1 is 1.43 bits per heavy atom. The topological polar surface area (TPSA) is 12.0 Å². The smallest absolute Gasteiger partial charge is 0.0744 e. The summed E-state index contributed by atoms with van der Waals surface area (Å²) in [4.78, 5) is 2.78. The van der Waals surface area contributed by atoms with Crippen LogP contribution in [0.5, 0.6) is 0 Å². The monoisotopic (exact) mass is 207 g/mol. The van der Waals surface area contributed by atoms with Crippen molar-refractivity contribution in [1.29, 1.82) is 0 Å². The fraction of sp³-hybridized carbons (Fsp3) is 0.500. The summed E-state index contributed by atoms with van der Waals surface area (Å²) in [7, 11) is 0. The average Bonchev–Trinajstić information content (AvgIpc) is 2.63. The number of rotatable bonds is 4. The summed E-state index contributed by atoms with van der Waals surface area (Å²) in [6.07, 6.45) is 6.51. The molecular formula is C12H17NS. The third kappa shape index (κ3) is 3.17. The van der Waals surface area contributed by atoms with E-state index in [4.69, 9.17) is 6.42 Å². The highest BCUT2D eigenvalue weighted by Crippen LogP contribution is 2.17. The molecule has 1 N–H and O–H groups in total. The van der Waals surface area contributed by atoms with Crippen LogP contribution in [0.3, 0.4) is 0 Å². The molecule has 0 saturated heterocycles. The van der Waals surface area contributed by atoms with E-state index in [1.54, 1.807) is 0 Å². The molecule has 0 aliphatic heterocycles. The maximum Gasteiger partial charge on any atom is 0.0744 e. The minimum atomic E-state index is -0.212. The first-order valence-corrected chi connectivity index (χ1v) is 5.69. The Balaban J connectivity index is 2.50. The molecule has 1 aromatic rings. The highest BCUT2D eigenvalue weighted by molar-refractivity contribution is 7.11. The maximum absolute atomic E-state index is 5.39. The third-order valence-corrected chi connectivity index (χ3v) is 3.36. The summed E-state index contributed by atoms with van der Waals surface area (Å²) in [5, 5.41) is 3.34. The number of hydrogen-bond acceptors (Lipinski definition) is 2. The molecule has 2 heteroatoms. The Bertz CT molecular complexity index is 330. The van der Waals surface area contributed by atoms with Crippen molar-refractivity contribution in [2.75, 3.05) is 0 Å². The molecule has 0 unspecified atom stereocenters. The van der Waals surface area contributed by atoms with Crippen molar-refractivity contribution in [2.45, 2.75) is 39.3 Å². The molecule has 1 heterocycles. The van der Waals surface area contributed by atoms with Gasteiger partial charge in [-0.15, -0.1) is 17.8 Å². The second-order valence-corrected chi connectivity index (χ2v) is 5.10. The lowest BCUT2D eigenvalue weighted by atomic mass is 10.1. The van der Waals surface area contributed by atoms with Crippen LogP contribution in [-0.4, -0.2) is 5.54 Å². The second-order valence-electron chi connectivity index (χ2n) is 3.84. The van der Waals surface area contributed by atoms with Gasteiger partial charge in [0.1, 0.15) is 0 Å². The zero-order chi connectivity index (χ0) is 10.6. The molecule has 0 spiro atoms. The fourth-order valence-electron chi connectivity index (χ4n) is 1.07. The summed E-state index contributed by atoms with van der Waals surface area (Å²) >= 11 is 1.85. The molecule has 0 saturated carbocycles. The predicted molar refractivity (Wildman–Crippen MR) is 63.4 cm³/mol. The van der Waals surface area contributed by atoms with Crippen LogP contribution in [0.1, 0.15) is 30.5 Å². The van der Waals surface area contributed by atoms with Gasteiger partial charge in [-0.2, -0.15) is 0 Å². The first-order chi connectivity index (χ1) is 6.57. The first-order valence-electron chi connectivity index (χ1n) is 4.88. The van der Waals surface area contributed by atoms with Gasteiger partial charge in [0.2, 0.25) is 0 Å². The second kappa shape index (κ2) is 4.63. The Morgan fingerprint density at radius 3 is 2.57 bits per heavy atom. The van der Waals surface area contributed by atoms with Crippen LogP contribution in [0.25, 0.3) is 0 Å². The lowest BCUT2D eigenvalue weighted by Crippen LogP contribution is -2.36. The van der Waals surface area contributed by atoms with Crippen molar-refractivity contribution in [3.05, 3.63) is 21.9 Å². The van der Waals surface area contributed by atoms with Crippen LogP contribution >= 0.6 is 11.3 Å². The molecule has 0 amide bonds. The van der Waals surface area contributed by atoms with Crippen LogP contribution in [0.4, 0.5) is 0 Å². The van der Waals surface area contributed by atoms with Gasteiger partial charge in [-0.3, -0.25) is 5.32 Å². The van der Waals surface area contributed by atoms with Gasteiger partial charge < -0.3 is 0 Å². The van der Waals surface area contributed by atoms with E-state index in [0.717, 1.165) is 13.0 Å². The third-order valence-electron chi connectivity index (χ3n) is 2.13. The van der Waals surface area contributed by atoms with Crippen LogP contribution in [0.15, 0.2) is 12.1 Å². The summed E-state index contributed by atoms with van der Waals surface area (Å²) in [6.45, 7) is 7.07. The van der Waals surface area contributed by atoms with Gasteiger partial charge in [0.05, 0.1) is 5.54 Å². The average molecular weight is 207 g/mol. The summed E-state index contributed by atoms with van der Waals surface area (Å²) in [6, 6.07) is 4.35. The Labute approximate surface area is 90.5 Å². The summed E-state index contributed by atoms with van der Waals surface area (Å²) < 4.78 is 0. The molecule has 0 bridgehead atoms. The van der Waals surface area contributed by atoms with Crippen molar-refractivity contribution in [1.82, 2.24) is 5.32 Å². The van der Waals surface area contributed by atoms with Gasteiger partial charge in [-0.05, 0) is 32.4 Å². The number of thiophene rings is 1. The van der Waals surface area contributed by atoms with Crippen LogP contribution < -0.4 is 5.32 Å². The normalized spacial score (nSPS) is 11.3. The van der Waals surface area contributed by atoms with Crippen molar-refractivity contribution in [2.24, 2.45) is 0 Å². The van der Waals surface area contributed by atoms with Crippen molar-refractivity contribution < 1.29 is 0 Å². The number of aryl methyl sites for hydroxylation is 1. The van der Waals surface area contributed by atoms with E-state index in [-0.39, 0.29) is 5.54 Å². The molecule has 1 rings (SSSR count). The molecule has 0 atom stereocenters. The molecule has 0 fully saturated rings. The van der Waals surface area contributed by atoms with Gasteiger partial charge in [-0.25, -0.2) is 0 Å². The highest BCUT2D eigenvalue weighted by Gasteiger charge is 2.12. The van der Waals surface area contributed by atoms with E-state index < -0.39 is 0 Å². The minimum absolute atomic E-state index is 0.212. The Morgan fingerprint density at radius 2 is 2.07 bits per heavy atom. The molecule has 76 valence electrons. The van der Waals surface area contributed by atoms with Gasteiger partial charge in [0, 0.05) is 16.3 Å². The standard InChI is InChI=1S/C12H17NS/c1-5-10-7-8-11(14-10)9-13-12(3,4)6-2/h2,7-8,13H,5,9H2,1,3-4H3. The van der Waals surface area contributed by atoms with E-state index in [9.17, 15) is 0 Å². The van der Waals surface area contributed by atoms with E-state index in [2.05, 4.69) is 30.3 Å². The molecule has 14 heavy (non-hydrogen) atoms. The van der Waals surface area contributed by atoms with E-state index in [1.807, 2.05) is 25.2 Å². The van der Waals surface area contributed by atoms with Crippen LogP contribution in [0, 0.1) is 12.3 Å². The van der Waals surface area contributed by atoms with Crippen LogP contribution in [0.2, 0.25) is 0 Å². The molecule has 1 aromatic heterocycles. The highest BCUT2D eigenvalue weighted by atomic mass is 32.1. The quantitative estimate of drug-likeness (QED) is 0.749. The van der Waals surface area contributed by atoms with Gasteiger partial charge in [0.25, 0.3) is 0 Å². The first kappa shape index (κ1) is 11.3. The summed E-state index contributed by atoms with van der Waals surface area (Å²) in [5.41, 5.74) is -0.212. The minimum Gasteiger partial charge on any atom is -0.297 e. The summed E-state index contributed by atoms with van der Waals surface area (Å²) in [5.74, 6) is 2.73. The van der Waals surface area contributed by atoms with Crippen molar-refractivity contribution in [3.63, 3.8) is 0 Å². The van der Waals surface area contributed by atoms with E-state index >= 15 is 0 Å². The zero-order valence-corrected chi connectivity index (χ0v) is 9.87. The molecule has 0 radical (unpaired) electrons. The van der Waals surface area contributed by atoms with E-state index in [0.29, 0.717) is 0 Å². The fourth-order valence-corrected chi connectivity index (χ4v) is 1.96. The maximum atomic E-state index is 5.39. The van der Waals surface area contributed by atoms with E-state index in [1.165, 1.54) is 9.75 Å². The predicted octanol–water partition coefficient (Wildman–Crippen LogP) is 2.81. The Kier molecular flexibility index (Phi) is 3.74. The van der Waals surface area contributed by atoms with Gasteiger partial charge >= 0.3 is 0 Å². The SMILES string of the molecule is C#CC(C)(C)NCc1ccc(CC)s1. The van der Waals surface area contributed by atoms with Crippen molar-refractivity contribution >= 4 is 11.3 Å². The van der Waals surface area contributed by atoms with Gasteiger partial charge in [-0.1, -0.05) is 12.8 Å². The molecule has 0 aromatic carbocycles. The molecule has 0 aliphatic rings. The number of terminal acetylenes is 1. The van der Waals surface area contributed by atoms with Gasteiger partial charge in [0.15, 0.2) is 0 Å². The molecular weight excluding hydrogens is 190 g/mol. The van der Waals surface area contributed by atoms with Crippen molar-refractivity contribution in [3.8, 4) is 12.3 Å². The Hall–Kier alpha value is -0.780. The lowest BCUT2D eigenvalue weighted by molar-refractivity contribution is 0.494. The molecule has 0 aliphatic carbocycles. The lowest BCUT2D eigenvalue weighted by Gasteiger charge is -2.18. The number of nitrogens with one attached hydrogen (secondary N) is 1. The number of hydrogen-bond donors (Lipinski definition) is 1.